The van der Waals surface area contributed by atoms with Crippen molar-refractivity contribution in [3.8, 4) is 22.3 Å². The SMILES string of the molecule is C=C(CCC(=C)N(C1=CC=CCC1)c1cccc(-c2cccc(N(c3ccccc3C)c3c#ccc4c5c(sc34)C=CCC5)c2)c1)c1ccc(-c2cccc3ccccc23)cc1. The van der Waals surface area contributed by atoms with Gasteiger partial charge in [-0.3, -0.25) is 0 Å². The van der Waals surface area contributed by atoms with Gasteiger partial charge in [-0.05, 0) is 155 Å². The van der Waals surface area contributed by atoms with E-state index in [0.29, 0.717) is 0 Å². The van der Waals surface area contributed by atoms with Crippen molar-refractivity contribution in [1.29, 1.82) is 0 Å². The molecule has 0 spiro atoms. The van der Waals surface area contributed by atoms with E-state index in [1.165, 1.54) is 53.7 Å². The molecule has 3 heteroatoms. The van der Waals surface area contributed by atoms with E-state index in [0.717, 1.165) is 89.2 Å². The highest BCUT2D eigenvalue weighted by atomic mass is 32.1. The summed E-state index contributed by atoms with van der Waals surface area (Å²) in [5, 5.41) is 3.81. The number of fused-ring (bicyclic) bond motifs is 4. The summed E-state index contributed by atoms with van der Waals surface area (Å²) < 4.78 is 1.25. The lowest BCUT2D eigenvalue weighted by atomic mass is 9.95. The van der Waals surface area contributed by atoms with Gasteiger partial charge in [-0.1, -0.05) is 147 Å². The zero-order valence-electron chi connectivity index (χ0n) is 35.2. The Bertz CT molecular complexity index is 3080. The highest BCUT2D eigenvalue weighted by Gasteiger charge is 2.23. The minimum Gasteiger partial charge on any atom is -0.319 e. The molecular weight excluding hydrogens is 769 g/mol. The summed E-state index contributed by atoms with van der Waals surface area (Å²) >= 11 is 1.87. The first-order chi connectivity index (χ1) is 30.5. The molecule has 0 saturated carbocycles. The molecule has 10 rings (SSSR count). The Morgan fingerprint density at radius 3 is 2.26 bits per heavy atom. The van der Waals surface area contributed by atoms with Crippen molar-refractivity contribution in [3.63, 3.8) is 0 Å². The largest absolute Gasteiger partial charge is 0.319 e. The zero-order chi connectivity index (χ0) is 42.0. The lowest BCUT2D eigenvalue weighted by molar-refractivity contribution is 0.852. The van der Waals surface area contributed by atoms with E-state index in [4.69, 9.17) is 6.58 Å². The van der Waals surface area contributed by atoms with Gasteiger partial charge in [-0.2, -0.15) is 0 Å². The van der Waals surface area contributed by atoms with E-state index in [9.17, 15) is 0 Å². The summed E-state index contributed by atoms with van der Waals surface area (Å²) in [5.74, 6) is 0. The van der Waals surface area contributed by atoms with Gasteiger partial charge in [0.2, 0.25) is 0 Å². The van der Waals surface area contributed by atoms with Crippen molar-refractivity contribution in [1.82, 2.24) is 0 Å². The summed E-state index contributed by atoms with van der Waals surface area (Å²) in [5.41, 5.74) is 16.4. The number of benzene rings is 6. The zero-order valence-corrected chi connectivity index (χ0v) is 36.0. The second-order valence-corrected chi connectivity index (χ2v) is 17.4. The van der Waals surface area contributed by atoms with Gasteiger partial charge in [-0.15, -0.1) is 11.3 Å². The summed E-state index contributed by atoms with van der Waals surface area (Å²) in [7, 11) is 0. The van der Waals surface area contributed by atoms with Crippen LogP contribution in [0.1, 0.15) is 53.7 Å². The van der Waals surface area contributed by atoms with Gasteiger partial charge in [0.1, 0.15) is 5.69 Å². The predicted octanol–water partition coefficient (Wildman–Crippen LogP) is 16.8. The molecule has 1 aromatic heterocycles. The van der Waals surface area contributed by atoms with Crippen molar-refractivity contribution in [2.45, 2.75) is 45.4 Å². The Labute approximate surface area is 370 Å². The Kier molecular flexibility index (Phi) is 10.8. The van der Waals surface area contributed by atoms with Gasteiger partial charge in [0.05, 0.1) is 4.70 Å². The number of hydrogen-bond donors (Lipinski definition) is 0. The molecular formula is C59H48N2S. The molecule has 0 aliphatic heterocycles. The average Bonchev–Trinajstić information content (AvgIpc) is 3.72. The fraction of sp³-hybridized carbons (Fsp3) is 0.119. The smallest absolute Gasteiger partial charge is 0.115 e. The summed E-state index contributed by atoms with van der Waals surface area (Å²) in [6, 6.07) is 59.7. The van der Waals surface area contributed by atoms with Gasteiger partial charge >= 0.3 is 0 Å². The molecule has 300 valence electrons. The molecule has 2 nitrogen and oxygen atoms in total. The molecule has 0 atom stereocenters. The molecule has 8 aromatic rings. The molecule has 0 amide bonds. The number of rotatable bonds is 12. The molecule has 0 N–H and O–H groups in total. The third kappa shape index (κ3) is 7.60. The summed E-state index contributed by atoms with van der Waals surface area (Å²) in [6.45, 7) is 11.5. The first-order valence-electron chi connectivity index (χ1n) is 21.7. The molecule has 7 aromatic carbocycles. The molecule has 0 radical (unpaired) electrons. The van der Waals surface area contributed by atoms with E-state index in [-0.39, 0.29) is 0 Å². The third-order valence-electron chi connectivity index (χ3n) is 12.4. The molecule has 2 aliphatic carbocycles. The normalized spacial score (nSPS) is 13.1. The topological polar surface area (TPSA) is 6.48 Å². The fourth-order valence-corrected chi connectivity index (χ4v) is 10.4. The summed E-state index contributed by atoms with van der Waals surface area (Å²) in [6.07, 6.45) is 17.0. The average molecular weight is 817 g/mol. The van der Waals surface area contributed by atoms with Gasteiger partial charge in [0, 0.05) is 38.7 Å². The number of aryl methyl sites for hydroxylation is 2. The maximum Gasteiger partial charge on any atom is 0.115 e. The van der Waals surface area contributed by atoms with Gasteiger partial charge in [0.15, 0.2) is 0 Å². The maximum absolute atomic E-state index is 4.72. The van der Waals surface area contributed by atoms with Crippen molar-refractivity contribution >= 4 is 66.6 Å². The Balaban J connectivity index is 0.941. The number of anilines is 4. The fourth-order valence-electron chi connectivity index (χ4n) is 9.12. The summed E-state index contributed by atoms with van der Waals surface area (Å²) in [4.78, 5) is 6.11. The molecule has 2 aliphatic rings. The van der Waals surface area contributed by atoms with E-state index in [1.807, 2.05) is 11.3 Å². The lowest BCUT2D eigenvalue weighted by Gasteiger charge is -2.31. The van der Waals surface area contributed by atoms with Gasteiger partial charge < -0.3 is 9.80 Å². The maximum atomic E-state index is 4.72. The van der Waals surface area contributed by atoms with Crippen molar-refractivity contribution < 1.29 is 0 Å². The van der Waals surface area contributed by atoms with Crippen molar-refractivity contribution in [2.24, 2.45) is 0 Å². The molecule has 0 bridgehead atoms. The molecule has 0 saturated heterocycles. The number of para-hydroxylation sites is 1. The number of thiophene rings is 1. The minimum absolute atomic E-state index is 0.789. The highest BCUT2D eigenvalue weighted by Crippen LogP contribution is 2.46. The van der Waals surface area contributed by atoms with E-state index < -0.39 is 0 Å². The van der Waals surface area contributed by atoms with Crippen LogP contribution in [0.4, 0.5) is 22.7 Å². The highest BCUT2D eigenvalue weighted by molar-refractivity contribution is 7.20. The lowest BCUT2D eigenvalue weighted by Crippen LogP contribution is -2.22. The van der Waals surface area contributed by atoms with Gasteiger partial charge in [0.25, 0.3) is 0 Å². The van der Waals surface area contributed by atoms with Crippen LogP contribution in [-0.4, -0.2) is 0 Å². The van der Waals surface area contributed by atoms with Crippen LogP contribution in [-0.2, 0) is 6.42 Å². The Morgan fingerprint density at radius 2 is 1.44 bits per heavy atom. The predicted molar refractivity (Wildman–Crippen MR) is 267 cm³/mol. The van der Waals surface area contributed by atoms with E-state index in [2.05, 4.69) is 211 Å². The van der Waals surface area contributed by atoms with Crippen LogP contribution in [0.15, 0.2) is 194 Å². The molecule has 0 unspecified atom stereocenters. The van der Waals surface area contributed by atoms with E-state index in [1.54, 1.807) is 0 Å². The van der Waals surface area contributed by atoms with Crippen LogP contribution in [0, 0.1) is 19.1 Å². The van der Waals surface area contributed by atoms with E-state index >= 15 is 0 Å². The Hall–Kier alpha value is -7.12. The quantitative estimate of drug-likeness (QED) is 0.121. The first kappa shape index (κ1) is 39.0. The van der Waals surface area contributed by atoms with Crippen LogP contribution < -0.4 is 9.80 Å². The third-order valence-corrected chi connectivity index (χ3v) is 13.6. The number of allylic oxidation sites excluding steroid dienone is 7. The van der Waals surface area contributed by atoms with Crippen LogP contribution in [0.3, 0.4) is 0 Å². The monoisotopic (exact) mass is 816 g/mol. The van der Waals surface area contributed by atoms with Crippen LogP contribution in [0.2, 0.25) is 0 Å². The van der Waals surface area contributed by atoms with Crippen LogP contribution >= 0.6 is 11.3 Å². The number of nitrogens with zero attached hydrogens (tertiary/aromatic N) is 2. The van der Waals surface area contributed by atoms with Crippen molar-refractivity contribution in [2.75, 3.05) is 9.80 Å². The van der Waals surface area contributed by atoms with Crippen LogP contribution in [0.25, 0.3) is 54.8 Å². The molecule has 62 heavy (non-hydrogen) atoms. The number of hydrogen-bond acceptors (Lipinski definition) is 3. The van der Waals surface area contributed by atoms with Crippen LogP contribution in [0.5, 0.6) is 0 Å². The second kappa shape index (κ2) is 17.1. The minimum atomic E-state index is 0.789. The standard InChI is InChI=1S/C59H48N2S/c1-41(44-35-37-46(38-36-44)53-28-15-19-45-18-8-9-26-52(45)53)33-34-43(3)60(49-22-5-4-6-23-49)50-24-13-20-47(39-50)48-21-14-25-51(40-48)61(56-30-11-7-17-42(56)2)57-31-16-29-55-54-27-10-12-32-58(54)62-59(55)57/h4-5,7-9,11-15,17-22,24-26,28-30,32,35-40H,1,3,6,10,23,27,33-34H2,2H3. The molecule has 0 fully saturated rings. The second-order valence-electron chi connectivity index (χ2n) is 16.3. The molecule has 1 heterocycles. The van der Waals surface area contributed by atoms with Gasteiger partial charge in [-0.25, -0.2) is 0 Å². The first-order valence-corrected chi connectivity index (χ1v) is 22.5. The van der Waals surface area contributed by atoms with Crippen molar-refractivity contribution in [3.05, 3.63) is 228 Å². The Morgan fingerprint density at radius 1 is 0.694 bits per heavy atom.